The molecule has 0 N–H and O–H groups in total. The Kier molecular flexibility index (Phi) is 4.82. The molecule has 0 saturated heterocycles. The van der Waals surface area contributed by atoms with E-state index in [-0.39, 0.29) is 16.8 Å². The van der Waals surface area contributed by atoms with Crippen LogP contribution in [0.15, 0.2) is 0 Å². The van der Waals surface area contributed by atoms with E-state index in [0.717, 1.165) is 12.8 Å². The average Bonchev–Trinajstić information content (AvgIpc) is 2.10. The van der Waals surface area contributed by atoms with Crippen molar-refractivity contribution in [2.75, 3.05) is 7.11 Å². The van der Waals surface area contributed by atoms with Crippen LogP contribution in [0.25, 0.3) is 0 Å². The first kappa shape index (κ1) is 14.5. The summed E-state index contributed by atoms with van der Waals surface area (Å²) in [6.45, 7) is 12.8. The van der Waals surface area contributed by atoms with E-state index in [1.165, 1.54) is 7.11 Å². The van der Waals surface area contributed by atoms with E-state index in [2.05, 4.69) is 41.5 Å². The van der Waals surface area contributed by atoms with Crippen molar-refractivity contribution in [1.29, 1.82) is 0 Å². The van der Waals surface area contributed by atoms with Gasteiger partial charge in [-0.25, -0.2) is 0 Å². The third-order valence-corrected chi connectivity index (χ3v) is 3.17. The highest BCUT2D eigenvalue weighted by atomic mass is 16.5. The minimum Gasteiger partial charge on any atom is -0.469 e. The third-order valence-electron chi connectivity index (χ3n) is 3.17. The summed E-state index contributed by atoms with van der Waals surface area (Å²) in [6, 6.07) is 0. The van der Waals surface area contributed by atoms with E-state index in [1.807, 2.05) is 0 Å². The van der Waals surface area contributed by atoms with Crippen LogP contribution in [0.5, 0.6) is 0 Å². The average molecular weight is 214 g/mol. The van der Waals surface area contributed by atoms with Crippen LogP contribution in [0.3, 0.4) is 0 Å². The van der Waals surface area contributed by atoms with Gasteiger partial charge in [-0.05, 0) is 24.2 Å². The molecule has 2 nitrogen and oxygen atoms in total. The van der Waals surface area contributed by atoms with E-state index in [1.54, 1.807) is 0 Å². The van der Waals surface area contributed by atoms with E-state index in [9.17, 15) is 4.79 Å². The van der Waals surface area contributed by atoms with Gasteiger partial charge in [0.15, 0.2) is 0 Å². The van der Waals surface area contributed by atoms with Crippen molar-refractivity contribution >= 4 is 5.97 Å². The lowest BCUT2D eigenvalue weighted by molar-refractivity contribution is -0.158. The summed E-state index contributed by atoms with van der Waals surface area (Å²) in [6.07, 6.45) is 1.72. The van der Waals surface area contributed by atoms with Gasteiger partial charge in [-0.15, -0.1) is 0 Å². The summed E-state index contributed by atoms with van der Waals surface area (Å²) < 4.78 is 4.97. The van der Waals surface area contributed by atoms with Crippen LogP contribution in [-0.2, 0) is 9.53 Å². The maximum Gasteiger partial charge on any atom is 0.312 e. The topological polar surface area (TPSA) is 26.3 Å². The molecular formula is C13H26O2. The monoisotopic (exact) mass is 214 g/mol. The fourth-order valence-corrected chi connectivity index (χ4v) is 2.34. The van der Waals surface area contributed by atoms with Crippen LogP contribution in [-0.4, -0.2) is 13.1 Å². The zero-order valence-corrected chi connectivity index (χ0v) is 11.3. The normalized spacial score (nSPS) is 16.3. The summed E-state index contributed by atoms with van der Waals surface area (Å²) >= 11 is 0. The summed E-state index contributed by atoms with van der Waals surface area (Å²) in [5.74, 6) is 0.254. The van der Waals surface area contributed by atoms with Crippen molar-refractivity contribution in [3.63, 3.8) is 0 Å². The van der Waals surface area contributed by atoms with Crippen LogP contribution in [0.4, 0.5) is 0 Å². The summed E-state index contributed by atoms with van der Waals surface area (Å²) in [5, 5.41) is 0. The number of esters is 1. The summed E-state index contributed by atoms with van der Waals surface area (Å²) in [5.41, 5.74) is -0.179. The number of carbonyl (C=O) groups excluding carboxylic acids is 1. The Bertz CT molecular complexity index is 213. The van der Waals surface area contributed by atoms with E-state index >= 15 is 0 Å². The van der Waals surface area contributed by atoms with Crippen molar-refractivity contribution in [2.45, 2.75) is 54.4 Å². The van der Waals surface area contributed by atoms with Gasteiger partial charge in [-0.3, -0.25) is 4.79 Å². The highest BCUT2D eigenvalue weighted by Crippen LogP contribution is 2.43. The lowest BCUT2D eigenvalue weighted by atomic mass is 9.66. The molecular weight excluding hydrogens is 188 g/mol. The molecule has 0 saturated carbocycles. The van der Waals surface area contributed by atoms with E-state index in [4.69, 9.17) is 4.74 Å². The Hall–Kier alpha value is -0.530. The van der Waals surface area contributed by atoms with Gasteiger partial charge in [0.1, 0.15) is 0 Å². The molecule has 0 rings (SSSR count). The molecule has 0 radical (unpaired) electrons. The van der Waals surface area contributed by atoms with Crippen LogP contribution in [0.1, 0.15) is 54.4 Å². The number of ether oxygens (including phenoxy) is 1. The molecule has 0 aliphatic heterocycles. The first-order chi connectivity index (χ1) is 6.69. The van der Waals surface area contributed by atoms with Crippen molar-refractivity contribution in [2.24, 2.45) is 16.7 Å². The predicted octanol–water partition coefficient (Wildman–Crippen LogP) is 3.65. The molecule has 0 aromatic carbocycles. The third kappa shape index (κ3) is 3.51. The lowest BCUT2D eigenvalue weighted by Crippen LogP contribution is -2.40. The van der Waals surface area contributed by atoms with Gasteiger partial charge in [0, 0.05) is 0 Å². The smallest absolute Gasteiger partial charge is 0.312 e. The van der Waals surface area contributed by atoms with Crippen LogP contribution < -0.4 is 0 Å². The number of methoxy groups -OCH3 is 1. The van der Waals surface area contributed by atoms with Crippen LogP contribution >= 0.6 is 0 Å². The molecule has 0 aliphatic carbocycles. The van der Waals surface area contributed by atoms with Crippen molar-refractivity contribution < 1.29 is 9.53 Å². The Morgan fingerprint density at radius 2 is 1.73 bits per heavy atom. The van der Waals surface area contributed by atoms with Gasteiger partial charge in [0.2, 0.25) is 0 Å². The Labute approximate surface area is 94.4 Å². The Balaban J connectivity index is 5.08. The SMILES string of the molecule is CCC(CC(C)(C)C)(C(=O)OC)C(C)C. The molecule has 0 spiro atoms. The van der Waals surface area contributed by atoms with Crippen molar-refractivity contribution in [1.82, 2.24) is 0 Å². The zero-order valence-electron chi connectivity index (χ0n) is 11.3. The van der Waals surface area contributed by atoms with Gasteiger partial charge in [-0.1, -0.05) is 41.5 Å². The fourth-order valence-electron chi connectivity index (χ4n) is 2.34. The minimum absolute atomic E-state index is 0.0603. The number of hydrogen-bond acceptors (Lipinski definition) is 2. The number of rotatable bonds is 4. The molecule has 0 bridgehead atoms. The summed E-state index contributed by atoms with van der Waals surface area (Å²) in [7, 11) is 1.48. The molecule has 0 aliphatic rings. The lowest BCUT2D eigenvalue weighted by Gasteiger charge is -2.38. The molecule has 0 heterocycles. The largest absolute Gasteiger partial charge is 0.469 e. The Morgan fingerprint density at radius 3 is 1.93 bits per heavy atom. The Morgan fingerprint density at radius 1 is 1.27 bits per heavy atom. The van der Waals surface area contributed by atoms with Crippen molar-refractivity contribution in [3.05, 3.63) is 0 Å². The number of carbonyl (C=O) groups is 1. The molecule has 0 amide bonds. The zero-order chi connectivity index (χ0) is 12.3. The van der Waals surface area contributed by atoms with Gasteiger partial charge in [0.05, 0.1) is 12.5 Å². The standard InChI is InChI=1S/C13H26O2/c1-8-13(10(2)3,11(14)15-7)9-12(4,5)6/h10H,8-9H2,1-7H3. The minimum atomic E-state index is -0.326. The molecule has 1 unspecified atom stereocenters. The molecule has 15 heavy (non-hydrogen) atoms. The van der Waals surface area contributed by atoms with E-state index < -0.39 is 0 Å². The van der Waals surface area contributed by atoms with Gasteiger partial charge in [0.25, 0.3) is 0 Å². The highest BCUT2D eigenvalue weighted by molar-refractivity contribution is 5.77. The molecule has 2 heteroatoms. The maximum atomic E-state index is 12.0. The first-order valence-electron chi connectivity index (χ1n) is 5.78. The van der Waals surface area contributed by atoms with Crippen molar-refractivity contribution in [3.8, 4) is 0 Å². The molecule has 90 valence electrons. The summed E-state index contributed by atoms with van der Waals surface area (Å²) in [4.78, 5) is 12.0. The molecule has 0 aromatic heterocycles. The second kappa shape index (κ2) is 5.00. The van der Waals surface area contributed by atoms with Crippen LogP contribution in [0.2, 0.25) is 0 Å². The maximum absolute atomic E-state index is 12.0. The quantitative estimate of drug-likeness (QED) is 0.668. The fraction of sp³-hybridized carbons (Fsp3) is 0.923. The molecule has 1 atom stereocenters. The second-order valence-corrected chi connectivity index (χ2v) is 5.89. The van der Waals surface area contributed by atoms with Crippen LogP contribution in [0, 0.1) is 16.7 Å². The second-order valence-electron chi connectivity index (χ2n) is 5.89. The van der Waals surface area contributed by atoms with Gasteiger partial charge in [-0.2, -0.15) is 0 Å². The first-order valence-corrected chi connectivity index (χ1v) is 5.78. The van der Waals surface area contributed by atoms with E-state index in [0.29, 0.717) is 5.92 Å². The van der Waals surface area contributed by atoms with Gasteiger partial charge >= 0.3 is 5.97 Å². The molecule has 0 fully saturated rings. The highest BCUT2D eigenvalue weighted by Gasteiger charge is 2.43. The number of hydrogen-bond donors (Lipinski definition) is 0. The predicted molar refractivity (Wildman–Crippen MR) is 63.7 cm³/mol. The molecule has 0 aromatic rings. The van der Waals surface area contributed by atoms with Gasteiger partial charge < -0.3 is 4.74 Å².